The Labute approximate surface area is 142 Å². The average molecular weight is 333 g/mol. The van der Waals surface area contributed by atoms with Crippen LogP contribution in [0.1, 0.15) is 69.9 Å². The van der Waals surface area contributed by atoms with Gasteiger partial charge in [0.2, 0.25) is 5.91 Å². The average Bonchev–Trinajstić information content (AvgIpc) is 2.93. The summed E-state index contributed by atoms with van der Waals surface area (Å²) in [4.78, 5) is 24.8. The molecule has 2 aliphatic rings. The smallest absolute Gasteiger partial charge is 0.273 e. The van der Waals surface area contributed by atoms with Gasteiger partial charge in [-0.25, -0.2) is 4.68 Å². The first kappa shape index (κ1) is 16.9. The van der Waals surface area contributed by atoms with Crippen molar-refractivity contribution in [1.29, 1.82) is 0 Å². The molecule has 2 fully saturated rings. The molecular formula is C17H27N5O2. The summed E-state index contributed by atoms with van der Waals surface area (Å²) in [7, 11) is 0. The Morgan fingerprint density at radius 1 is 1.25 bits per heavy atom. The van der Waals surface area contributed by atoms with Crippen molar-refractivity contribution < 1.29 is 9.59 Å². The van der Waals surface area contributed by atoms with Crippen molar-refractivity contribution in [3.05, 3.63) is 11.9 Å². The molecule has 0 bridgehead atoms. The molecule has 2 aliphatic carbocycles. The number of fused-ring (bicyclic) bond motifs is 1. The SMILES string of the molecule is CC(NC(=O)c1cn(C(C)C)nn1)C(C)NC(=O)[C@@]12CCC[C@@H]1C2. The molecular weight excluding hydrogens is 306 g/mol. The minimum Gasteiger partial charge on any atom is -0.351 e. The van der Waals surface area contributed by atoms with E-state index in [2.05, 4.69) is 20.9 Å². The van der Waals surface area contributed by atoms with Gasteiger partial charge in [0.1, 0.15) is 0 Å². The summed E-state index contributed by atoms with van der Waals surface area (Å²) in [6.07, 6.45) is 6.02. The van der Waals surface area contributed by atoms with Crippen molar-refractivity contribution in [3.63, 3.8) is 0 Å². The number of hydrogen-bond acceptors (Lipinski definition) is 4. The summed E-state index contributed by atoms with van der Waals surface area (Å²) in [6.45, 7) is 7.78. The first-order valence-electron chi connectivity index (χ1n) is 8.87. The molecule has 7 nitrogen and oxygen atoms in total. The van der Waals surface area contributed by atoms with E-state index in [1.165, 1.54) is 6.42 Å². The molecule has 2 unspecified atom stereocenters. The van der Waals surface area contributed by atoms with E-state index in [1.54, 1.807) is 10.9 Å². The van der Waals surface area contributed by atoms with Gasteiger partial charge < -0.3 is 10.6 Å². The van der Waals surface area contributed by atoms with Gasteiger partial charge in [-0.05, 0) is 52.9 Å². The Hall–Kier alpha value is -1.92. The van der Waals surface area contributed by atoms with Crippen molar-refractivity contribution in [2.75, 3.05) is 0 Å². The minimum atomic E-state index is -0.265. The van der Waals surface area contributed by atoms with E-state index in [9.17, 15) is 9.59 Å². The Morgan fingerprint density at radius 2 is 1.96 bits per heavy atom. The zero-order valence-corrected chi connectivity index (χ0v) is 14.9. The van der Waals surface area contributed by atoms with Crippen LogP contribution >= 0.6 is 0 Å². The van der Waals surface area contributed by atoms with E-state index in [1.807, 2.05) is 27.7 Å². The zero-order chi connectivity index (χ0) is 17.5. The first-order chi connectivity index (χ1) is 11.3. The summed E-state index contributed by atoms with van der Waals surface area (Å²) in [5.74, 6) is 0.476. The number of nitrogens with one attached hydrogen (secondary N) is 2. The van der Waals surface area contributed by atoms with E-state index < -0.39 is 0 Å². The van der Waals surface area contributed by atoms with Crippen LogP contribution in [-0.2, 0) is 4.79 Å². The molecule has 2 amide bonds. The van der Waals surface area contributed by atoms with E-state index in [0.717, 1.165) is 19.3 Å². The van der Waals surface area contributed by atoms with Crippen LogP contribution in [0.5, 0.6) is 0 Å². The predicted octanol–water partition coefficient (Wildman–Crippen LogP) is 1.67. The molecule has 0 spiro atoms. The summed E-state index contributed by atoms with van der Waals surface area (Å²) >= 11 is 0. The van der Waals surface area contributed by atoms with Crippen LogP contribution in [0.2, 0.25) is 0 Å². The lowest BCUT2D eigenvalue weighted by molar-refractivity contribution is -0.127. The van der Waals surface area contributed by atoms with E-state index >= 15 is 0 Å². The molecule has 0 radical (unpaired) electrons. The van der Waals surface area contributed by atoms with Gasteiger partial charge in [-0.2, -0.15) is 0 Å². The molecule has 2 saturated carbocycles. The Balaban J connectivity index is 1.52. The highest BCUT2D eigenvalue weighted by atomic mass is 16.2. The maximum absolute atomic E-state index is 12.5. The molecule has 1 aromatic rings. The topological polar surface area (TPSA) is 88.9 Å². The fraction of sp³-hybridized carbons (Fsp3) is 0.765. The summed E-state index contributed by atoms with van der Waals surface area (Å²) in [6, 6.07) is -0.148. The molecule has 1 aromatic heterocycles. The number of amides is 2. The number of aromatic nitrogens is 3. The molecule has 1 heterocycles. The van der Waals surface area contributed by atoms with Gasteiger partial charge in [0.05, 0.1) is 11.6 Å². The summed E-state index contributed by atoms with van der Waals surface area (Å²) in [5.41, 5.74) is 0.198. The fourth-order valence-electron chi connectivity index (χ4n) is 3.64. The van der Waals surface area contributed by atoms with Gasteiger partial charge in [-0.1, -0.05) is 11.6 Å². The Bertz CT molecular complexity index is 641. The molecule has 0 aromatic carbocycles. The number of nitrogens with zero attached hydrogens (tertiary/aromatic N) is 3. The third-order valence-electron chi connectivity index (χ3n) is 5.60. The number of rotatable bonds is 6. The van der Waals surface area contributed by atoms with Crippen molar-refractivity contribution in [1.82, 2.24) is 25.6 Å². The minimum absolute atomic E-state index is 0.0993. The highest BCUT2D eigenvalue weighted by Crippen LogP contribution is 2.63. The van der Waals surface area contributed by atoms with E-state index in [-0.39, 0.29) is 35.4 Å². The zero-order valence-electron chi connectivity index (χ0n) is 14.9. The monoisotopic (exact) mass is 333 g/mol. The third-order valence-corrected chi connectivity index (χ3v) is 5.60. The molecule has 4 atom stereocenters. The van der Waals surface area contributed by atoms with Crippen LogP contribution in [0.4, 0.5) is 0 Å². The van der Waals surface area contributed by atoms with Gasteiger partial charge in [0.15, 0.2) is 5.69 Å². The van der Waals surface area contributed by atoms with Gasteiger partial charge in [0.25, 0.3) is 5.91 Å². The Kier molecular flexibility index (Phi) is 4.36. The maximum atomic E-state index is 12.5. The third kappa shape index (κ3) is 3.03. The predicted molar refractivity (Wildman–Crippen MR) is 89.3 cm³/mol. The maximum Gasteiger partial charge on any atom is 0.273 e. The van der Waals surface area contributed by atoms with Gasteiger partial charge in [0, 0.05) is 18.1 Å². The largest absolute Gasteiger partial charge is 0.351 e. The lowest BCUT2D eigenvalue weighted by atomic mass is 10.0. The van der Waals surface area contributed by atoms with Crippen LogP contribution in [0, 0.1) is 11.3 Å². The second-order valence-electron chi connectivity index (χ2n) is 7.65. The molecule has 132 valence electrons. The number of hydrogen-bond donors (Lipinski definition) is 2. The van der Waals surface area contributed by atoms with Crippen molar-refractivity contribution in [2.45, 2.75) is 71.5 Å². The van der Waals surface area contributed by atoms with Gasteiger partial charge in [-0.15, -0.1) is 5.10 Å². The highest BCUT2D eigenvalue weighted by molar-refractivity contribution is 5.92. The Morgan fingerprint density at radius 3 is 2.50 bits per heavy atom. The van der Waals surface area contributed by atoms with Gasteiger partial charge in [-0.3, -0.25) is 9.59 Å². The summed E-state index contributed by atoms with van der Waals surface area (Å²) < 4.78 is 1.65. The van der Waals surface area contributed by atoms with Crippen molar-refractivity contribution in [3.8, 4) is 0 Å². The van der Waals surface area contributed by atoms with E-state index in [0.29, 0.717) is 11.6 Å². The normalized spacial score (nSPS) is 27.5. The molecule has 0 aliphatic heterocycles. The van der Waals surface area contributed by atoms with Crippen LogP contribution in [0.15, 0.2) is 6.20 Å². The lowest BCUT2D eigenvalue weighted by Crippen LogP contribution is -2.50. The molecule has 7 heteroatoms. The first-order valence-corrected chi connectivity index (χ1v) is 8.87. The highest BCUT2D eigenvalue weighted by Gasteiger charge is 2.62. The van der Waals surface area contributed by atoms with Crippen LogP contribution in [0.3, 0.4) is 0 Å². The molecule has 0 saturated heterocycles. The van der Waals surface area contributed by atoms with Crippen molar-refractivity contribution >= 4 is 11.8 Å². The second kappa shape index (κ2) is 6.18. The van der Waals surface area contributed by atoms with Crippen LogP contribution in [0.25, 0.3) is 0 Å². The number of carbonyl (C=O) groups is 2. The van der Waals surface area contributed by atoms with E-state index in [4.69, 9.17) is 0 Å². The lowest BCUT2D eigenvalue weighted by Gasteiger charge is -2.24. The van der Waals surface area contributed by atoms with Crippen LogP contribution in [-0.4, -0.2) is 38.9 Å². The second-order valence-corrected chi connectivity index (χ2v) is 7.65. The quantitative estimate of drug-likeness (QED) is 0.829. The molecule has 2 N–H and O–H groups in total. The molecule has 3 rings (SSSR count). The fourth-order valence-corrected chi connectivity index (χ4v) is 3.64. The summed E-state index contributed by atoms with van der Waals surface area (Å²) in [5, 5.41) is 13.8. The molecule has 24 heavy (non-hydrogen) atoms. The number of carbonyl (C=O) groups excluding carboxylic acids is 2. The van der Waals surface area contributed by atoms with Gasteiger partial charge >= 0.3 is 0 Å². The standard InChI is InChI=1S/C17H27N5O2/c1-10(2)22-9-14(20-21-22)15(23)18-11(3)12(4)19-16(24)17-7-5-6-13(17)8-17/h9-13H,5-8H2,1-4H3,(H,18,23)(H,19,24)/t11?,12?,13-,17-/m1/s1. The van der Waals surface area contributed by atoms with Crippen molar-refractivity contribution in [2.24, 2.45) is 11.3 Å². The van der Waals surface area contributed by atoms with Crippen LogP contribution < -0.4 is 10.6 Å².